The van der Waals surface area contributed by atoms with E-state index in [2.05, 4.69) is 45.0 Å². The third kappa shape index (κ3) is 6.76. The molecule has 0 bridgehead atoms. The molecule has 0 saturated carbocycles. The predicted molar refractivity (Wildman–Crippen MR) is 145 cm³/mol. The van der Waals surface area contributed by atoms with Gasteiger partial charge >= 0.3 is 6.09 Å². The van der Waals surface area contributed by atoms with Crippen molar-refractivity contribution in [3.8, 4) is 0 Å². The SMILES string of the molecule is CC(C)(C)OC(=O)N1CC([C@@H](CO[Si](c2ccccc2)(c2ccccc2)C(C)(C)C)OS(C)(=O)=O)C1. The van der Waals surface area contributed by atoms with Crippen molar-refractivity contribution in [2.24, 2.45) is 5.92 Å². The number of nitrogens with zero attached hydrogens (tertiary/aromatic N) is 1. The van der Waals surface area contributed by atoms with Gasteiger partial charge in [-0.1, -0.05) is 81.4 Å². The van der Waals surface area contributed by atoms with Crippen LogP contribution in [-0.4, -0.2) is 65.4 Å². The van der Waals surface area contributed by atoms with Crippen LogP contribution in [0, 0.1) is 5.92 Å². The molecule has 0 unspecified atom stereocenters. The molecular formula is C27H39NO6SSi. The van der Waals surface area contributed by atoms with Crippen molar-refractivity contribution in [2.45, 2.75) is 58.3 Å². The van der Waals surface area contributed by atoms with Crippen LogP contribution in [0.15, 0.2) is 60.7 Å². The molecule has 9 heteroatoms. The van der Waals surface area contributed by atoms with E-state index in [1.807, 2.05) is 57.2 Å². The third-order valence-corrected chi connectivity index (χ3v) is 11.9. The first-order chi connectivity index (χ1) is 16.6. The summed E-state index contributed by atoms with van der Waals surface area (Å²) in [5.41, 5.74) is -0.600. The van der Waals surface area contributed by atoms with Gasteiger partial charge in [0.1, 0.15) is 11.7 Å². The monoisotopic (exact) mass is 533 g/mol. The average Bonchev–Trinajstić information content (AvgIpc) is 2.71. The summed E-state index contributed by atoms with van der Waals surface area (Å²) in [4.78, 5) is 14.0. The summed E-state index contributed by atoms with van der Waals surface area (Å²) in [6, 6.07) is 20.3. The Morgan fingerprint density at radius 2 is 1.42 bits per heavy atom. The standard InChI is InChI=1S/C27H39NO6SSi/c1-26(2,3)33-25(29)28-18-21(19-28)24(34-35(7,30)31)20-32-36(27(4,5)6,22-14-10-8-11-15-22)23-16-12-9-13-17-23/h8-17,21,24H,18-20H2,1-7H3/t24-/m1/s1. The summed E-state index contributed by atoms with van der Waals surface area (Å²) in [6.07, 6.45) is -0.0854. The minimum atomic E-state index is -3.74. The second-order valence-corrected chi connectivity index (χ2v) is 17.4. The zero-order chi connectivity index (χ0) is 26.8. The van der Waals surface area contributed by atoms with E-state index >= 15 is 0 Å². The molecule has 0 N–H and O–H groups in total. The zero-order valence-electron chi connectivity index (χ0n) is 22.4. The maximum atomic E-state index is 12.4. The lowest BCUT2D eigenvalue weighted by molar-refractivity contribution is -0.0327. The molecule has 1 fully saturated rings. The van der Waals surface area contributed by atoms with Crippen LogP contribution in [-0.2, 0) is 23.5 Å². The van der Waals surface area contributed by atoms with Crippen molar-refractivity contribution < 1.29 is 26.6 Å². The van der Waals surface area contributed by atoms with Gasteiger partial charge in [-0.15, -0.1) is 0 Å². The molecule has 1 atom stereocenters. The van der Waals surface area contributed by atoms with Gasteiger partial charge < -0.3 is 14.1 Å². The van der Waals surface area contributed by atoms with Gasteiger partial charge in [0.15, 0.2) is 0 Å². The van der Waals surface area contributed by atoms with Gasteiger partial charge in [-0.25, -0.2) is 4.79 Å². The fraction of sp³-hybridized carbons (Fsp3) is 0.519. The van der Waals surface area contributed by atoms with Gasteiger partial charge in [-0.2, -0.15) is 8.42 Å². The Bertz CT molecular complexity index is 1080. The fourth-order valence-corrected chi connectivity index (χ4v) is 9.89. The molecular weight excluding hydrogens is 494 g/mol. The molecule has 1 heterocycles. The van der Waals surface area contributed by atoms with Crippen LogP contribution in [0.2, 0.25) is 5.04 Å². The van der Waals surface area contributed by atoms with Crippen molar-refractivity contribution in [1.82, 2.24) is 4.90 Å². The zero-order valence-corrected chi connectivity index (χ0v) is 24.2. The first kappa shape index (κ1) is 28.4. The number of ether oxygens (including phenoxy) is 1. The molecule has 1 aliphatic rings. The first-order valence-corrected chi connectivity index (χ1v) is 16.0. The largest absolute Gasteiger partial charge is 0.444 e. The second-order valence-electron chi connectivity index (χ2n) is 11.5. The normalized spacial score (nSPS) is 16.4. The molecule has 2 aromatic rings. The molecule has 0 spiro atoms. The Labute approximate surface area is 217 Å². The maximum Gasteiger partial charge on any atom is 0.410 e. The van der Waals surface area contributed by atoms with Crippen molar-refractivity contribution in [1.29, 1.82) is 0 Å². The van der Waals surface area contributed by atoms with Crippen molar-refractivity contribution >= 4 is 34.9 Å². The molecule has 1 amide bonds. The highest BCUT2D eigenvalue weighted by Gasteiger charge is 2.51. The lowest BCUT2D eigenvalue weighted by Crippen LogP contribution is -2.67. The van der Waals surface area contributed by atoms with Crippen LogP contribution in [0.5, 0.6) is 0 Å². The average molecular weight is 534 g/mol. The van der Waals surface area contributed by atoms with Crippen LogP contribution in [0.25, 0.3) is 0 Å². The van der Waals surface area contributed by atoms with Crippen LogP contribution >= 0.6 is 0 Å². The molecule has 1 aliphatic heterocycles. The number of carbonyl (C=O) groups is 1. The molecule has 0 aliphatic carbocycles. The summed E-state index contributed by atoms with van der Waals surface area (Å²) in [7, 11) is -6.62. The minimum absolute atomic E-state index is 0.0905. The molecule has 198 valence electrons. The van der Waals surface area contributed by atoms with Gasteiger partial charge in [0.05, 0.1) is 12.9 Å². The highest BCUT2D eigenvalue weighted by molar-refractivity contribution is 7.86. The van der Waals surface area contributed by atoms with E-state index in [1.54, 1.807) is 4.90 Å². The smallest absolute Gasteiger partial charge is 0.410 e. The van der Waals surface area contributed by atoms with Crippen molar-refractivity contribution in [3.63, 3.8) is 0 Å². The van der Waals surface area contributed by atoms with Gasteiger partial charge in [0.2, 0.25) is 0 Å². The molecule has 3 rings (SSSR count). The Kier molecular flexibility index (Phi) is 8.39. The van der Waals surface area contributed by atoms with E-state index < -0.39 is 36.2 Å². The van der Waals surface area contributed by atoms with E-state index in [4.69, 9.17) is 13.3 Å². The summed E-state index contributed by atoms with van der Waals surface area (Å²) < 4.78 is 42.3. The third-order valence-electron chi connectivity index (χ3n) is 6.27. The van der Waals surface area contributed by atoms with Gasteiger partial charge in [-0.05, 0) is 36.2 Å². The molecule has 0 radical (unpaired) electrons. The quantitative estimate of drug-likeness (QED) is 0.380. The molecule has 1 saturated heterocycles. The lowest BCUT2D eigenvalue weighted by atomic mass is 9.95. The second kappa shape index (κ2) is 10.7. The minimum Gasteiger partial charge on any atom is -0.444 e. The Morgan fingerprint density at radius 3 is 1.81 bits per heavy atom. The number of benzene rings is 2. The van der Waals surface area contributed by atoms with Gasteiger partial charge in [0.25, 0.3) is 18.4 Å². The van der Waals surface area contributed by atoms with E-state index in [1.165, 1.54) is 0 Å². The Morgan fingerprint density at radius 1 is 0.944 bits per heavy atom. The Hall–Kier alpha value is -2.20. The van der Waals surface area contributed by atoms with Gasteiger partial charge in [-0.3, -0.25) is 4.18 Å². The van der Waals surface area contributed by atoms with Crippen LogP contribution in [0.4, 0.5) is 4.79 Å². The number of likely N-dealkylation sites (tertiary alicyclic amines) is 1. The predicted octanol–water partition coefficient (Wildman–Crippen LogP) is 3.77. The molecule has 36 heavy (non-hydrogen) atoms. The Balaban J connectivity index is 1.90. The van der Waals surface area contributed by atoms with E-state index in [0.717, 1.165) is 16.6 Å². The fourth-order valence-electron chi connectivity index (χ4n) is 4.66. The molecule has 0 aromatic heterocycles. The summed E-state index contributed by atoms with van der Waals surface area (Å²) in [5.74, 6) is -0.189. The maximum absolute atomic E-state index is 12.4. The topological polar surface area (TPSA) is 82.1 Å². The van der Waals surface area contributed by atoms with Crippen molar-refractivity contribution in [3.05, 3.63) is 60.7 Å². The van der Waals surface area contributed by atoms with E-state index in [0.29, 0.717) is 13.1 Å². The van der Waals surface area contributed by atoms with Gasteiger partial charge in [0, 0.05) is 19.0 Å². The van der Waals surface area contributed by atoms with Crippen LogP contribution in [0.3, 0.4) is 0 Å². The number of hydrogen-bond acceptors (Lipinski definition) is 6. The highest BCUT2D eigenvalue weighted by atomic mass is 32.2. The number of carbonyl (C=O) groups excluding carboxylic acids is 1. The van der Waals surface area contributed by atoms with Crippen LogP contribution < -0.4 is 10.4 Å². The lowest BCUT2D eigenvalue weighted by Gasteiger charge is -2.46. The number of hydrogen-bond donors (Lipinski definition) is 0. The summed E-state index contributed by atoms with van der Waals surface area (Å²) in [5, 5.41) is 1.95. The highest BCUT2D eigenvalue weighted by Crippen LogP contribution is 2.37. The van der Waals surface area contributed by atoms with E-state index in [9.17, 15) is 13.2 Å². The number of amides is 1. The molecule has 2 aromatic carbocycles. The summed E-state index contributed by atoms with van der Waals surface area (Å²) in [6.45, 7) is 12.7. The number of rotatable bonds is 8. The first-order valence-electron chi connectivity index (χ1n) is 12.2. The van der Waals surface area contributed by atoms with Crippen LogP contribution in [0.1, 0.15) is 41.5 Å². The van der Waals surface area contributed by atoms with E-state index in [-0.39, 0.29) is 17.6 Å². The summed E-state index contributed by atoms with van der Waals surface area (Å²) >= 11 is 0. The molecule has 7 nitrogen and oxygen atoms in total. The van der Waals surface area contributed by atoms with Crippen molar-refractivity contribution in [2.75, 3.05) is 26.0 Å².